The van der Waals surface area contributed by atoms with E-state index in [0.29, 0.717) is 19.8 Å². The van der Waals surface area contributed by atoms with E-state index in [1.54, 1.807) is 6.92 Å². The van der Waals surface area contributed by atoms with Gasteiger partial charge in [-0.1, -0.05) is 25.5 Å². The molecule has 156 valence electrons. The highest BCUT2D eigenvalue weighted by Gasteiger charge is 2.21. The Bertz CT molecular complexity index is 615. The molecule has 1 saturated heterocycles. The van der Waals surface area contributed by atoms with Crippen molar-refractivity contribution in [1.82, 2.24) is 5.32 Å². The topological polar surface area (TPSA) is 83.1 Å². The largest absolute Gasteiger partial charge is 0.494 e. The number of esters is 1. The number of benzene rings is 1. The van der Waals surface area contributed by atoms with Crippen molar-refractivity contribution in [3.8, 4) is 5.75 Å². The molecule has 2 atom stereocenters. The minimum absolute atomic E-state index is 0.0419. The van der Waals surface area contributed by atoms with E-state index in [-0.39, 0.29) is 18.6 Å². The molecular weight excluding hydrogens is 362 g/mol. The van der Waals surface area contributed by atoms with Crippen LogP contribution in [0.15, 0.2) is 24.3 Å². The van der Waals surface area contributed by atoms with E-state index in [0.717, 1.165) is 43.6 Å². The number of amides is 1. The number of carbonyl (C=O) groups excluding carboxylic acids is 2. The zero-order valence-electron chi connectivity index (χ0n) is 16.8. The molecule has 0 saturated carbocycles. The number of hydrogen-bond donors (Lipinski definition) is 1. The Kier molecular flexibility index (Phi) is 9.79. The smallest absolute Gasteiger partial charge is 0.335 e. The van der Waals surface area contributed by atoms with Crippen molar-refractivity contribution < 1.29 is 28.5 Å². The summed E-state index contributed by atoms with van der Waals surface area (Å²) < 4.78 is 21.6. The highest BCUT2D eigenvalue weighted by Crippen LogP contribution is 2.14. The second-order valence-electron chi connectivity index (χ2n) is 6.84. The predicted octanol–water partition coefficient (Wildman–Crippen LogP) is 2.61. The monoisotopic (exact) mass is 393 g/mol. The van der Waals surface area contributed by atoms with Crippen LogP contribution < -0.4 is 10.1 Å². The highest BCUT2D eigenvalue weighted by molar-refractivity contribution is 5.81. The van der Waals surface area contributed by atoms with Gasteiger partial charge in [0.05, 0.1) is 19.3 Å². The Morgan fingerprint density at radius 1 is 1.36 bits per heavy atom. The molecule has 1 aliphatic rings. The first-order valence-electron chi connectivity index (χ1n) is 9.96. The molecule has 1 aromatic carbocycles. The molecular formula is C21H31NO6. The summed E-state index contributed by atoms with van der Waals surface area (Å²) >= 11 is 0. The fourth-order valence-electron chi connectivity index (χ4n) is 2.68. The van der Waals surface area contributed by atoms with Crippen LogP contribution in [0, 0.1) is 0 Å². The SMILES string of the molecule is CCCCOc1cccc(CNC(=O)COC(=O)C(C)OCC2CCCO2)c1. The van der Waals surface area contributed by atoms with E-state index in [9.17, 15) is 9.59 Å². The van der Waals surface area contributed by atoms with Crippen LogP contribution in [-0.4, -0.2) is 50.5 Å². The van der Waals surface area contributed by atoms with Crippen molar-refractivity contribution in [3.05, 3.63) is 29.8 Å². The van der Waals surface area contributed by atoms with Crippen LogP contribution >= 0.6 is 0 Å². The average molecular weight is 393 g/mol. The van der Waals surface area contributed by atoms with Gasteiger partial charge in [0.2, 0.25) is 0 Å². The molecule has 0 aromatic heterocycles. The van der Waals surface area contributed by atoms with Crippen LogP contribution in [0.5, 0.6) is 5.75 Å². The van der Waals surface area contributed by atoms with Crippen molar-refractivity contribution in [3.63, 3.8) is 0 Å². The van der Waals surface area contributed by atoms with Crippen LogP contribution in [0.4, 0.5) is 0 Å². The first-order chi connectivity index (χ1) is 13.6. The molecule has 2 rings (SSSR count). The molecule has 7 nitrogen and oxygen atoms in total. The molecule has 1 aliphatic heterocycles. The Balaban J connectivity index is 1.63. The number of ether oxygens (including phenoxy) is 4. The molecule has 0 aliphatic carbocycles. The zero-order valence-corrected chi connectivity index (χ0v) is 16.8. The Morgan fingerprint density at radius 3 is 2.96 bits per heavy atom. The van der Waals surface area contributed by atoms with E-state index in [4.69, 9.17) is 18.9 Å². The second-order valence-corrected chi connectivity index (χ2v) is 6.84. The minimum atomic E-state index is -0.728. The summed E-state index contributed by atoms with van der Waals surface area (Å²) in [4.78, 5) is 23.8. The molecule has 2 unspecified atom stereocenters. The van der Waals surface area contributed by atoms with Gasteiger partial charge in [-0.25, -0.2) is 4.79 Å². The quantitative estimate of drug-likeness (QED) is 0.434. The lowest BCUT2D eigenvalue weighted by Gasteiger charge is -2.15. The van der Waals surface area contributed by atoms with Gasteiger partial charge >= 0.3 is 5.97 Å². The summed E-state index contributed by atoms with van der Waals surface area (Å²) in [6.45, 7) is 5.50. The van der Waals surface area contributed by atoms with Gasteiger partial charge in [0.1, 0.15) is 5.75 Å². The van der Waals surface area contributed by atoms with Gasteiger partial charge in [0, 0.05) is 13.2 Å². The minimum Gasteiger partial charge on any atom is -0.494 e. The maximum atomic E-state index is 11.9. The molecule has 0 bridgehead atoms. The zero-order chi connectivity index (χ0) is 20.2. The van der Waals surface area contributed by atoms with Gasteiger partial charge < -0.3 is 24.3 Å². The number of unbranched alkanes of at least 4 members (excludes halogenated alkanes) is 1. The second kappa shape index (κ2) is 12.4. The maximum absolute atomic E-state index is 11.9. The first kappa shape index (κ1) is 22.2. The van der Waals surface area contributed by atoms with Crippen molar-refractivity contribution in [2.75, 3.05) is 26.4 Å². The lowest BCUT2D eigenvalue weighted by Crippen LogP contribution is -2.32. The molecule has 0 radical (unpaired) electrons. The third-order valence-corrected chi connectivity index (χ3v) is 4.39. The number of nitrogens with one attached hydrogen (secondary N) is 1. The maximum Gasteiger partial charge on any atom is 0.335 e. The summed E-state index contributed by atoms with van der Waals surface area (Å²) in [5.41, 5.74) is 0.918. The van der Waals surface area contributed by atoms with Gasteiger partial charge in [0.15, 0.2) is 12.7 Å². The summed E-state index contributed by atoms with van der Waals surface area (Å²) in [5.74, 6) is -0.139. The first-order valence-corrected chi connectivity index (χ1v) is 9.96. The Labute approximate surface area is 166 Å². The lowest BCUT2D eigenvalue weighted by molar-refractivity contribution is -0.160. The normalized spacial score (nSPS) is 17.1. The summed E-state index contributed by atoms with van der Waals surface area (Å²) in [6, 6.07) is 7.57. The van der Waals surface area contributed by atoms with Crippen LogP contribution in [0.3, 0.4) is 0 Å². The van der Waals surface area contributed by atoms with Gasteiger partial charge in [-0.3, -0.25) is 4.79 Å². The fraction of sp³-hybridized carbons (Fsp3) is 0.619. The van der Waals surface area contributed by atoms with Crippen LogP contribution in [0.25, 0.3) is 0 Å². The number of rotatable bonds is 12. The Hall–Kier alpha value is -2.12. The summed E-state index contributed by atoms with van der Waals surface area (Å²) in [7, 11) is 0. The number of carbonyl (C=O) groups is 2. The number of hydrogen-bond acceptors (Lipinski definition) is 6. The van der Waals surface area contributed by atoms with E-state index in [1.165, 1.54) is 0 Å². The van der Waals surface area contributed by atoms with Crippen LogP contribution in [0.2, 0.25) is 0 Å². The van der Waals surface area contributed by atoms with Crippen LogP contribution in [0.1, 0.15) is 45.1 Å². The van der Waals surface area contributed by atoms with Gasteiger partial charge in [0.25, 0.3) is 5.91 Å². The predicted molar refractivity (Wildman–Crippen MR) is 104 cm³/mol. The van der Waals surface area contributed by atoms with Crippen LogP contribution in [-0.2, 0) is 30.3 Å². The highest BCUT2D eigenvalue weighted by atomic mass is 16.6. The van der Waals surface area contributed by atoms with Crippen molar-refractivity contribution in [2.45, 2.75) is 58.3 Å². The molecule has 1 N–H and O–H groups in total. The summed E-state index contributed by atoms with van der Waals surface area (Å²) in [5, 5.41) is 2.73. The molecule has 0 spiro atoms. The molecule has 28 heavy (non-hydrogen) atoms. The van der Waals surface area contributed by atoms with E-state index < -0.39 is 12.1 Å². The average Bonchev–Trinajstić information content (AvgIpc) is 3.23. The van der Waals surface area contributed by atoms with Gasteiger partial charge in [-0.15, -0.1) is 0 Å². The van der Waals surface area contributed by atoms with Crippen molar-refractivity contribution in [1.29, 1.82) is 0 Å². The van der Waals surface area contributed by atoms with Crippen molar-refractivity contribution in [2.24, 2.45) is 0 Å². The van der Waals surface area contributed by atoms with Gasteiger partial charge in [-0.2, -0.15) is 0 Å². The van der Waals surface area contributed by atoms with E-state index in [2.05, 4.69) is 12.2 Å². The fourth-order valence-corrected chi connectivity index (χ4v) is 2.68. The standard InChI is InChI=1S/C21H31NO6/c1-3-4-10-25-18-8-5-7-17(12-18)13-22-20(23)15-28-21(24)16(2)27-14-19-9-6-11-26-19/h5,7-8,12,16,19H,3-4,6,9-11,13-15H2,1-2H3,(H,22,23). The molecule has 7 heteroatoms. The molecule has 1 aromatic rings. The molecule has 1 heterocycles. The molecule has 1 amide bonds. The van der Waals surface area contributed by atoms with E-state index in [1.807, 2.05) is 24.3 Å². The van der Waals surface area contributed by atoms with Crippen molar-refractivity contribution >= 4 is 11.9 Å². The third-order valence-electron chi connectivity index (χ3n) is 4.39. The van der Waals surface area contributed by atoms with Gasteiger partial charge in [-0.05, 0) is 43.9 Å². The lowest BCUT2D eigenvalue weighted by atomic mass is 10.2. The summed E-state index contributed by atoms with van der Waals surface area (Å²) in [6.07, 6.45) is 3.35. The molecule has 1 fully saturated rings. The Morgan fingerprint density at radius 2 is 2.21 bits per heavy atom. The third kappa shape index (κ3) is 8.27. The van der Waals surface area contributed by atoms with E-state index >= 15 is 0 Å².